The van der Waals surface area contributed by atoms with Crippen molar-refractivity contribution in [3.05, 3.63) is 101 Å². The molecule has 1 aromatic heterocycles. The minimum atomic E-state index is -1.87. The van der Waals surface area contributed by atoms with Crippen LogP contribution in [-0.4, -0.2) is 69.3 Å². The number of benzene rings is 2. The van der Waals surface area contributed by atoms with Crippen LogP contribution in [0.3, 0.4) is 0 Å². The molecule has 17 heteroatoms. The number of nitriles is 1. The summed E-state index contributed by atoms with van der Waals surface area (Å²) in [7, 11) is 0. The Kier molecular flexibility index (Phi) is 15.7. The monoisotopic (exact) mass is 722 g/mol. The van der Waals surface area contributed by atoms with Gasteiger partial charge in [-0.05, 0) is 43.7 Å². The summed E-state index contributed by atoms with van der Waals surface area (Å²) < 4.78 is 67.3. The molecule has 2 aromatic carbocycles. The van der Waals surface area contributed by atoms with E-state index < -0.39 is 71.9 Å². The van der Waals surface area contributed by atoms with Crippen molar-refractivity contribution in [2.75, 3.05) is 19.8 Å². The molecule has 0 unspecified atom stereocenters. The Morgan fingerprint density at radius 2 is 1.88 bits per heavy atom. The Labute approximate surface area is 311 Å². The molecule has 0 amide bonds. The van der Waals surface area contributed by atoms with Gasteiger partial charge in [-0.2, -0.15) is 10.4 Å². The van der Waals surface area contributed by atoms with Crippen molar-refractivity contribution in [2.24, 2.45) is 0 Å². The Morgan fingerprint density at radius 3 is 2.52 bits per heavy atom. The van der Waals surface area contributed by atoms with Crippen molar-refractivity contribution in [1.29, 1.82) is 5.26 Å². The number of nitrogens with zero attached hydrogens (tertiary/aromatic N) is 4. The third-order valence-corrected chi connectivity index (χ3v) is 8.61. The third-order valence-electron chi connectivity index (χ3n) is 7.16. The van der Waals surface area contributed by atoms with Gasteiger partial charge in [0.1, 0.15) is 30.1 Å². The minimum Gasteiger partial charge on any atom is -0.550 e. The molecule has 1 aliphatic rings. The molecule has 0 radical (unpaired) electrons. The van der Waals surface area contributed by atoms with Crippen LogP contribution in [0.4, 0.5) is 13.2 Å². The summed E-state index contributed by atoms with van der Waals surface area (Å²) in [6, 6.07) is 8.79. The summed E-state index contributed by atoms with van der Waals surface area (Å²) in [4.78, 5) is 39.6. The first kappa shape index (κ1) is 40.4. The third kappa shape index (κ3) is 11.5. The van der Waals surface area contributed by atoms with Gasteiger partial charge in [0.25, 0.3) is 0 Å². The van der Waals surface area contributed by atoms with Gasteiger partial charge in [0.2, 0.25) is 0 Å². The van der Waals surface area contributed by atoms with Gasteiger partial charge in [-0.3, -0.25) is 4.79 Å². The number of esters is 2. The topological polar surface area (TPSA) is 166 Å². The second-order valence-electron chi connectivity index (χ2n) is 10.6. The van der Waals surface area contributed by atoms with E-state index in [1.807, 2.05) is 6.07 Å². The summed E-state index contributed by atoms with van der Waals surface area (Å²) in [6.07, 6.45) is 6.98. The van der Waals surface area contributed by atoms with E-state index in [0.717, 1.165) is 18.2 Å². The number of aliphatic carboxylic acids is 1. The van der Waals surface area contributed by atoms with Gasteiger partial charge < -0.3 is 28.8 Å². The molecule has 4 rings (SSSR count). The van der Waals surface area contributed by atoms with Crippen LogP contribution in [0.2, 0.25) is 0 Å². The second-order valence-corrected chi connectivity index (χ2v) is 12.3. The maximum absolute atomic E-state index is 15.5. The van der Waals surface area contributed by atoms with Gasteiger partial charge in [-0.1, -0.05) is 24.3 Å². The summed E-state index contributed by atoms with van der Waals surface area (Å²) in [5.41, 5.74) is -1.56. The molecular weight excluding hydrogens is 692 g/mol. The number of ether oxygens (including phenoxy) is 4. The van der Waals surface area contributed by atoms with Crippen LogP contribution < -0.4 is 34.7 Å². The molecule has 2 atom stereocenters. The zero-order valence-electron chi connectivity index (χ0n) is 27.0. The Hall–Kier alpha value is -3.98. The fourth-order valence-electron chi connectivity index (χ4n) is 4.77. The van der Waals surface area contributed by atoms with Crippen LogP contribution in [-0.2, 0) is 45.5 Å². The maximum atomic E-state index is 15.5. The number of carboxylic acid groups (broad SMARTS) is 1. The SMILES string of the molecule is C[C@@H](S[C@H]1CO[C@H](C=CC=Cc2ccc(C#N)cc2F)OC1)[C@@](Cn1cncn1)(OC(=O)COC(=O)CCC(=O)[O-])c1ccc(F)cc1F.[Na+]. The molecule has 0 spiro atoms. The summed E-state index contributed by atoms with van der Waals surface area (Å²) in [5.74, 6) is -5.97. The summed E-state index contributed by atoms with van der Waals surface area (Å²) in [6.45, 7) is 0.782. The maximum Gasteiger partial charge on any atom is 1.00 e. The van der Waals surface area contributed by atoms with Crippen LogP contribution in [0.25, 0.3) is 6.08 Å². The number of thioether (sulfide) groups is 1. The first-order chi connectivity index (χ1) is 23.5. The number of aromatic nitrogens is 3. The molecule has 50 heavy (non-hydrogen) atoms. The van der Waals surface area contributed by atoms with Gasteiger partial charge in [0, 0.05) is 28.4 Å². The number of halogens is 3. The number of carboxylic acids is 1. The molecule has 1 fully saturated rings. The van der Waals surface area contributed by atoms with Crippen LogP contribution >= 0.6 is 11.8 Å². The van der Waals surface area contributed by atoms with E-state index >= 15 is 4.39 Å². The van der Waals surface area contributed by atoms with Crippen LogP contribution in [0, 0.1) is 28.8 Å². The standard InChI is InChI=1S/C33H31F3N4O8S.Na/c1-21(49-25-15-46-32(47-16-25)5-3-2-4-23-7-6-22(14-37)12-27(23)35)33(18-40-20-38-19-39-40,26-9-8-24(34)13-28(26)36)48-31(44)17-45-30(43)11-10-29(41)42;/h2-9,12-13,19-21,25,32H,10-11,15-18H2,1H3,(H,41,42);/q;+1/p-1/t21-,25-,32-,33-;/m1./s1. The minimum absolute atomic E-state index is 0. The van der Waals surface area contributed by atoms with Gasteiger partial charge in [-0.15, -0.1) is 11.8 Å². The van der Waals surface area contributed by atoms with E-state index in [0.29, 0.717) is 11.6 Å². The molecule has 12 nitrogen and oxygen atoms in total. The average Bonchev–Trinajstić information content (AvgIpc) is 3.58. The predicted molar refractivity (Wildman–Crippen MR) is 165 cm³/mol. The van der Waals surface area contributed by atoms with Crippen molar-refractivity contribution < 1.29 is 81.2 Å². The van der Waals surface area contributed by atoms with Gasteiger partial charge in [0.05, 0.1) is 43.1 Å². The fourth-order valence-corrected chi connectivity index (χ4v) is 6.13. The predicted octanol–water partition coefficient (Wildman–Crippen LogP) is 0.216. The van der Waals surface area contributed by atoms with Crippen molar-refractivity contribution in [3.8, 4) is 6.07 Å². The van der Waals surface area contributed by atoms with Crippen LogP contribution in [0.5, 0.6) is 0 Å². The number of carbonyl (C=O) groups excluding carboxylic acids is 3. The molecule has 3 aromatic rings. The van der Waals surface area contributed by atoms with Crippen molar-refractivity contribution in [1.82, 2.24) is 14.8 Å². The zero-order chi connectivity index (χ0) is 35.4. The van der Waals surface area contributed by atoms with E-state index in [1.165, 1.54) is 47.3 Å². The number of hydrogen-bond acceptors (Lipinski definition) is 12. The molecule has 1 aliphatic heterocycles. The van der Waals surface area contributed by atoms with Gasteiger partial charge >= 0.3 is 41.5 Å². The summed E-state index contributed by atoms with van der Waals surface area (Å²) >= 11 is 1.24. The number of hydrogen-bond donors (Lipinski definition) is 0. The van der Waals surface area contributed by atoms with Crippen molar-refractivity contribution in [3.63, 3.8) is 0 Å². The normalized spacial score (nSPS) is 17.7. The van der Waals surface area contributed by atoms with E-state index in [9.17, 15) is 28.3 Å². The molecule has 2 heterocycles. The first-order valence-electron chi connectivity index (χ1n) is 14.8. The molecule has 0 N–H and O–H groups in total. The van der Waals surface area contributed by atoms with Gasteiger partial charge in [-0.25, -0.2) is 27.6 Å². The van der Waals surface area contributed by atoms with Crippen molar-refractivity contribution >= 4 is 35.7 Å². The number of allylic oxidation sites excluding steroid dienone is 2. The zero-order valence-corrected chi connectivity index (χ0v) is 29.8. The Bertz CT molecular complexity index is 1730. The fraction of sp³-hybridized carbons (Fsp3) is 0.333. The number of carbonyl (C=O) groups is 3. The number of rotatable bonds is 15. The average molecular weight is 723 g/mol. The van der Waals surface area contributed by atoms with E-state index in [1.54, 1.807) is 25.2 Å². The Morgan fingerprint density at radius 1 is 1.12 bits per heavy atom. The molecule has 1 saturated heterocycles. The molecule has 0 saturated carbocycles. The van der Waals surface area contributed by atoms with Crippen molar-refractivity contribution in [2.45, 2.75) is 48.7 Å². The molecule has 0 aliphatic carbocycles. The molecule has 258 valence electrons. The second kappa shape index (κ2) is 19.4. The molecular formula is C33H30F3N4NaO8S. The smallest absolute Gasteiger partial charge is 0.550 e. The van der Waals surface area contributed by atoms with Gasteiger partial charge in [0.15, 0.2) is 18.5 Å². The van der Waals surface area contributed by atoms with E-state index in [4.69, 9.17) is 24.2 Å². The Balaban J connectivity index is 0.00000676. The summed E-state index contributed by atoms with van der Waals surface area (Å²) in [5, 5.41) is 22.5. The van der Waals surface area contributed by atoms with E-state index in [2.05, 4.69) is 10.1 Å². The molecule has 0 bridgehead atoms. The quantitative estimate of drug-likeness (QED) is 0.119. The van der Waals surface area contributed by atoms with E-state index in [-0.39, 0.29) is 65.7 Å². The van der Waals surface area contributed by atoms with Crippen LogP contribution in [0.15, 0.2) is 67.3 Å². The largest absolute Gasteiger partial charge is 1.00 e. The first-order valence-corrected chi connectivity index (χ1v) is 15.7. The van der Waals surface area contributed by atoms with Crippen LogP contribution in [0.1, 0.15) is 36.5 Å².